The van der Waals surface area contributed by atoms with Crippen molar-refractivity contribution in [3.63, 3.8) is 0 Å². The molecule has 3 nitrogen and oxygen atoms in total. The first kappa shape index (κ1) is 12.3. The predicted molar refractivity (Wildman–Crippen MR) is 71.8 cm³/mol. The van der Waals surface area contributed by atoms with Crippen molar-refractivity contribution in [3.05, 3.63) is 52.5 Å². The summed E-state index contributed by atoms with van der Waals surface area (Å²) in [4.78, 5) is 0. The zero-order valence-electron chi connectivity index (χ0n) is 9.77. The van der Waals surface area contributed by atoms with Crippen LogP contribution in [0.5, 0.6) is 11.5 Å². The summed E-state index contributed by atoms with van der Waals surface area (Å²) in [5.74, 6) is 0.832. The molecule has 0 saturated carbocycles. The molecular weight excluding hydrogens is 248 g/mol. The molecule has 0 aliphatic heterocycles. The van der Waals surface area contributed by atoms with Crippen molar-refractivity contribution in [1.29, 1.82) is 5.26 Å². The first-order chi connectivity index (χ1) is 8.61. The van der Waals surface area contributed by atoms with Gasteiger partial charge in [0, 0.05) is 0 Å². The molecule has 0 spiro atoms. The van der Waals surface area contributed by atoms with Crippen LogP contribution < -0.4 is 10.5 Å². The van der Waals surface area contributed by atoms with Gasteiger partial charge in [0.15, 0.2) is 5.75 Å². The number of nitrogens with zero attached hydrogens (tertiary/aromatic N) is 1. The highest BCUT2D eigenvalue weighted by Crippen LogP contribution is 2.36. The number of rotatable bonds is 2. The van der Waals surface area contributed by atoms with Crippen LogP contribution in [-0.2, 0) is 0 Å². The maximum absolute atomic E-state index is 9.03. The van der Waals surface area contributed by atoms with Crippen LogP contribution in [0.25, 0.3) is 0 Å². The Morgan fingerprint density at radius 3 is 2.72 bits per heavy atom. The fraction of sp³-hybridized carbons (Fsp3) is 0.0714. The molecule has 0 amide bonds. The number of nitrogen functional groups attached to an aromatic ring is 1. The lowest BCUT2D eigenvalue weighted by Gasteiger charge is -2.11. The average molecular weight is 259 g/mol. The van der Waals surface area contributed by atoms with E-state index < -0.39 is 0 Å². The van der Waals surface area contributed by atoms with Gasteiger partial charge in [0.05, 0.1) is 16.3 Å². The lowest BCUT2D eigenvalue weighted by atomic mass is 10.1. The number of nitriles is 1. The summed E-state index contributed by atoms with van der Waals surface area (Å²) in [6.45, 7) is 1.92. The topological polar surface area (TPSA) is 59.0 Å². The molecule has 90 valence electrons. The summed E-state index contributed by atoms with van der Waals surface area (Å²) in [6, 6.07) is 12.5. The lowest BCUT2D eigenvalue weighted by Crippen LogP contribution is -1.95. The first-order valence-corrected chi connectivity index (χ1v) is 5.72. The van der Waals surface area contributed by atoms with Gasteiger partial charge in [-0.05, 0) is 36.8 Å². The molecule has 0 heterocycles. The van der Waals surface area contributed by atoms with Crippen LogP contribution in [-0.4, -0.2) is 0 Å². The number of hydrogen-bond acceptors (Lipinski definition) is 3. The van der Waals surface area contributed by atoms with Crippen molar-refractivity contribution in [1.82, 2.24) is 0 Å². The Morgan fingerprint density at radius 2 is 2.06 bits per heavy atom. The van der Waals surface area contributed by atoms with Crippen LogP contribution >= 0.6 is 11.6 Å². The van der Waals surface area contributed by atoms with Crippen LogP contribution in [0.15, 0.2) is 36.4 Å². The summed E-state index contributed by atoms with van der Waals surface area (Å²) in [6.07, 6.45) is 0. The van der Waals surface area contributed by atoms with E-state index in [-0.39, 0.29) is 0 Å². The van der Waals surface area contributed by atoms with Gasteiger partial charge in [-0.1, -0.05) is 23.7 Å². The SMILES string of the molecule is Cc1ccc(C#N)c(Oc2c(N)cccc2Cl)c1. The molecule has 0 aliphatic carbocycles. The molecule has 2 aromatic rings. The Labute approximate surface area is 110 Å². The summed E-state index contributed by atoms with van der Waals surface area (Å²) in [5.41, 5.74) is 7.68. The maximum atomic E-state index is 9.03. The fourth-order valence-electron chi connectivity index (χ4n) is 1.55. The van der Waals surface area contributed by atoms with Crippen LogP contribution in [0.2, 0.25) is 5.02 Å². The van der Waals surface area contributed by atoms with Gasteiger partial charge in [0.25, 0.3) is 0 Å². The number of ether oxygens (including phenoxy) is 1. The smallest absolute Gasteiger partial charge is 0.168 e. The molecule has 0 radical (unpaired) electrons. The average Bonchev–Trinajstić information content (AvgIpc) is 2.34. The molecule has 0 aliphatic rings. The number of para-hydroxylation sites is 1. The monoisotopic (exact) mass is 258 g/mol. The first-order valence-electron chi connectivity index (χ1n) is 5.34. The van der Waals surface area contributed by atoms with E-state index in [4.69, 9.17) is 27.3 Å². The van der Waals surface area contributed by atoms with Gasteiger partial charge in [-0.3, -0.25) is 0 Å². The number of halogens is 1. The lowest BCUT2D eigenvalue weighted by molar-refractivity contribution is 0.483. The van der Waals surface area contributed by atoms with E-state index in [2.05, 4.69) is 6.07 Å². The molecule has 2 rings (SSSR count). The zero-order valence-corrected chi connectivity index (χ0v) is 10.5. The third kappa shape index (κ3) is 2.39. The Hall–Kier alpha value is -2.18. The molecule has 0 unspecified atom stereocenters. The van der Waals surface area contributed by atoms with Gasteiger partial charge in [-0.2, -0.15) is 5.26 Å². The van der Waals surface area contributed by atoms with Crippen molar-refractivity contribution in [2.45, 2.75) is 6.92 Å². The molecule has 4 heteroatoms. The van der Waals surface area contributed by atoms with Crippen LogP contribution in [0.1, 0.15) is 11.1 Å². The third-order valence-corrected chi connectivity index (χ3v) is 2.76. The Bertz CT molecular complexity index is 612. The molecule has 18 heavy (non-hydrogen) atoms. The van der Waals surface area contributed by atoms with Gasteiger partial charge in [0.2, 0.25) is 0 Å². The molecule has 0 bridgehead atoms. The number of benzene rings is 2. The van der Waals surface area contributed by atoms with Crippen molar-refractivity contribution in [3.8, 4) is 17.6 Å². The second kappa shape index (κ2) is 4.99. The fourth-order valence-corrected chi connectivity index (χ4v) is 1.77. The largest absolute Gasteiger partial charge is 0.452 e. The van der Waals surface area contributed by atoms with Crippen molar-refractivity contribution >= 4 is 17.3 Å². The Morgan fingerprint density at radius 1 is 1.28 bits per heavy atom. The molecule has 2 aromatic carbocycles. The minimum Gasteiger partial charge on any atom is -0.452 e. The van der Waals surface area contributed by atoms with Crippen molar-refractivity contribution in [2.75, 3.05) is 5.73 Å². The van der Waals surface area contributed by atoms with E-state index in [1.807, 2.05) is 13.0 Å². The van der Waals surface area contributed by atoms with Crippen LogP contribution in [0.3, 0.4) is 0 Å². The highest BCUT2D eigenvalue weighted by molar-refractivity contribution is 6.32. The minimum absolute atomic E-state index is 0.376. The number of hydrogen-bond donors (Lipinski definition) is 1. The van der Waals surface area contributed by atoms with E-state index in [0.717, 1.165) is 5.56 Å². The summed E-state index contributed by atoms with van der Waals surface area (Å²) in [5, 5.41) is 9.45. The zero-order chi connectivity index (χ0) is 13.1. The van der Waals surface area contributed by atoms with E-state index in [9.17, 15) is 0 Å². The third-order valence-electron chi connectivity index (χ3n) is 2.47. The van der Waals surface area contributed by atoms with E-state index in [1.165, 1.54) is 0 Å². The number of anilines is 1. The highest BCUT2D eigenvalue weighted by atomic mass is 35.5. The summed E-state index contributed by atoms with van der Waals surface area (Å²) < 4.78 is 5.66. The van der Waals surface area contributed by atoms with E-state index >= 15 is 0 Å². The molecule has 0 fully saturated rings. The second-order valence-corrected chi connectivity index (χ2v) is 4.28. The Balaban J connectivity index is 2.46. The highest BCUT2D eigenvalue weighted by Gasteiger charge is 2.10. The Kier molecular flexibility index (Phi) is 3.40. The predicted octanol–water partition coefficient (Wildman–Crippen LogP) is 3.89. The van der Waals surface area contributed by atoms with Crippen molar-refractivity contribution in [2.24, 2.45) is 0 Å². The quantitative estimate of drug-likeness (QED) is 0.831. The summed E-state index contributed by atoms with van der Waals surface area (Å²) >= 11 is 6.03. The second-order valence-electron chi connectivity index (χ2n) is 3.87. The standard InChI is InChI=1S/C14H11ClN2O/c1-9-5-6-10(8-16)13(7-9)18-14-11(15)3-2-4-12(14)17/h2-7H,17H2,1H3. The minimum atomic E-state index is 0.376. The van der Waals surface area contributed by atoms with Crippen molar-refractivity contribution < 1.29 is 4.74 Å². The van der Waals surface area contributed by atoms with Gasteiger partial charge < -0.3 is 10.5 Å². The van der Waals surface area contributed by atoms with E-state index in [0.29, 0.717) is 27.8 Å². The maximum Gasteiger partial charge on any atom is 0.168 e. The van der Waals surface area contributed by atoms with Gasteiger partial charge >= 0.3 is 0 Å². The normalized spacial score (nSPS) is 9.83. The van der Waals surface area contributed by atoms with Gasteiger partial charge in [0.1, 0.15) is 11.8 Å². The number of aryl methyl sites for hydroxylation is 1. The van der Waals surface area contributed by atoms with Crippen LogP contribution in [0, 0.1) is 18.3 Å². The van der Waals surface area contributed by atoms with E-state index in [1.54, 1.807) is 30.3 Å². The van der Waals surface area contributed by atoms with Gasteiger partial charge in [-0.15, -0.1) is 0 Å². The van der Waals surface area contributed by atoms with Gasteiger partial charge in [-0.25, -0.2) is 0 Å². The molecule has 0 aromatic heterocycles. The molecule has 2 N–H and O–H groups in total. The summed E-state index contributed by atoms with van der Waals surface area (Å²) in [7, 11) is 0. The molecule has 0 atom stereocenters. The number of nitrogens with two attached hydrogens (primary N) is 1. The molecule has 0 saturated heterocycles. The van der Waals surface area contributed by atoms with Crippen LogP contribution in [0.4, 0.5) is 5.69 Å². The molecular formula is C14H11ClN2O.